The highest BCUT2D eigenvalue weighted by molar-refractivity contribution is 6.37. The second kappa shape index (κ2) is 9.39. The Balaban J connectivity index is 1.80. The lowest BCUT2D eigenvalue weighted by Crippen LogP contribution is -2.28. The number of nitrogens with zero attached hydrogens (tertiary/aromatic N) is 1. The largest absolute Gasteiger partial charge is 0.497 e. The first kappa shape index (κ1) is 23.6. The zero-order valence-corrected chi connectivity index (χ0v) is 20.7. The number of aromatic nitrogens is 2. The van der Waals surface area contributed by atoms with E-state index in [2.05, 4.69) is 34.8 Å². The Labute approximate surface area is 203 Å². The van der Waals surface area contributed by atoms with E-state index in [0.29, 0.717) is 21.5 Å². The number of methoxy groups -OCH3 is 1. The van der Waals surface area contributed by atoms with Gasteiger partial charge in [0.1, 0.15) is 5.75 Å². The van der Waals surface area contributed by atoms with Crippen molar-refractivity contribution < 1.29 is 9.53 Å². The number of fused-ring (bicyclic) bond motifs is 1. The summed E-state index contributed by atoms with van der Waals surface area (Å²) in [7, 11) is 1.63. The summed E-state index contributed by atoms with van der Waals surface area (Å²) in [6.07, 6.45) is 1.86. The number of carbonyl (C=O) groups is 1. The minimum Gasteiger partial charge on any atom is -0.497 e. The molecular formula is C27H28ClN3O3. The number of nitrogens with one attached hydrogen (secondary N) is 2. The second-order valence-electron chi connectivity index (χ2n) is 8.75. The fraction of sp³-hybridized carbons (Fsp3) is 0.259. The Bertz CT molecular complexity index is 1430. The van der Waals surface area contributed by atoms with Crippen LogP contribution in [0.25, 0.3) is 22.0 Å². The van der Waals surface area contributed by atoms with Crippen LogP contribution < -0.4 is 15.6 Å². The summed E-state index contributed by atoms with van der Waals surface area (Å²) in [5.41, 5.74) is 5.15. The number of H-pyrrole nitrogens is 1. The quantitative estimate of drug-likeness (QED) is 0.369. The molecule has 7 heteroatoms. The minimum absolute atomic E-state index is 0.122. The third-order valence-electron chi connectivity index (χ3n) is 6.03. The average molecular weight is 478 g/mol. The highest BCUT2D eigenvalue weighted by atomic mass is 35.5. The van der Waals surface area contributed by atoms with E-state index in [1.54, 1.807) is 7.11 Å². The van der Waals surface area contributed by atoms with Crippen molar-refractivity contribution >= 4 is 28.4 Å². The molecule has 2 heterocycles. The molecule has 0 radical (unpaired) electrons. The van der Waals surface area contributed by atoms with Gasteiger partial charge in [-0.05, 0) is 74.7 Å². The monoisotopic (exact) mass is 477 g/mol. The van der Waals surface area contributed by atoms with Gasteiger partial charge in [0.25, 0.3) is 11.5 Å². The Hall–Kier alpha value is -3.51. The molecule has 6 nitrogen and oxygen atoms in total. The Morgan fingerprint density at radius 3 is 2.44 bits per heavy atom. The number of aromatic amines is 1. The van der Waals surface area contributed by atoms with Crippen LogP contribution in [-0.2, 0) is 6.54 Å². The lowest BCUT2D eigenvalue weighted by Gasteiger charge is -2.14. The summed E-state index contributed by atoms with van der Waals surface area (Å²) in [5.74, 6) is 0.471. The lowest BCUT2D eigenvalue weighted by molar-refractivity contribution is 0.0952. The molecule has 0 fully saturated rings. The smallest absolute Gasteiger partial charge is 0.253 e. The standard InChI is InChI=1S/C27H28ClN3O3/c1-15(2)31-14-23(28)25-21(26(32)29-13-22-16(3)10-17(4)30-27(22)33)11-19(12-24(25)31)18-6-8-20(34-5)9-7-18/h6-12,14-15H,13H2,1-5H3,(H,29,32)(H,30,33). The number of hydrogen-bond acceptors (Lipinski definition) is 3. The molecule has 2 aromatic carbocycles. The van der Waals surface area contributed by atoms with Gasteiger partial charge < -0.3 is 19.6 Å². The van der Waals surface area contributed by atoms with Crippen LogP contribution in [-0.4, -0.2) is 22.6 Å². The van der Waals surface area contributed by atoms with Gasteiger partial charge in [-0.15, -0.1) is 0 Å². The molecule has 0 spiro atoms. The number of rotatable bonds is 6. The zero-order valence-electron chi connectivity index (χ0n) is 20.0. The number of aryl methyl sites for hydroxylation is 2. The maximum atomic E-state index is 13.4. The summed E-state index contributed by atoms with van der Waals surface area (Å²) in [5, 5.41) is 4.13. The van der Waals surface area contributed by atoms with E-state index >= 15 is 0 Å². The van der Waals surface area contributed by atoms with Crippen molar-refractivity contribution in [2.75, 3.05) is 7.11 Å². The zero-order chi connectivity index (χ0) is 24.6. The lowest BCUT2D eigenvalue weighted by atomic mass is 9.99. The van der Waals surface area contributed by atoms with Crippen molar-refractivity contribution in [2.45, 2.75) is 40.3 Å². The van der Waals surface area contributed by atoms with Crippen LogP contribution in [0.1, 0.15) is 47.1 Å². The topological polar surface area (TPSA) is 76.1 Å². The van der Waals surface area contributed by atoms with Gasteiger partial charge in [0.2, 0.25) is 0 Å². The molecule has 34 heavy (non-hydrogen) atoms. The van der Waals surface area contributed by atoms with Gasteiger partial charge >= 0.3 is 0 Å². The molecule has 2 N–H and O–H groups in total. The molecule has 0 aliphatic rings. The molecule has 0 bridgehead atoms. The predicted octanol–water partition coefficient (Wildman–Crippen LogP) is 5.79. The van der Waals surface area contributed by atoms with Gasteiger partial charge in [0.05, 0.1) is 23.2 Å². The van der Waals surface area contributed by atoms with Crippen molar-refractivity contribution in [2.24, 2.45) is 0 Å². The van der Waals surface area contributed by atoms with Crippen molar-refractivity contribution in [3.8, 4) is 16.9 Å². The summed E-state index contributed by atoms with van der Waals surface area (Å²) >= 11 is 6.62. The number of pyridine rings is 1. The number of halogens is 1. The number of amides is 1. The SMILES string of the molecule is COc1ccc(-c2cc(C(=O)NCc3c(C)cc(C)[nH]c3=O)c3c(Cl)cn(C(C)C)c3c2)cc1. The number of benzene rings is 2. The van der Waals surface area contributed by atoms with Crippen LogP contribution in [0.4, 0.5) is 0 Å². The van der Waals surface area contributed by atoms with Crippen LogP contribution in [0, 0.1) is 13.8 Å². The van der Waals surface area contributed by atoms with Crippen molar-refractivity contribution in [3.63, 3.8) is 0 Å². The number of hydrogen-bond donors (Lipinski definition) is 2. The highest BCUT2D eigenvalue weighted by Crippen LogP contribution is 2.35. The molecule has 0 aliphatic carbocycles. The third-order valence-corrected chi connectivity index (χ3v) is 6.32. The fourth-order valence-electron chi connectivity index (χ4n) is 4.26. The van der Waals surface area contributed by atoms with E-state index in [9.17, 15) is 9.59 Å². The summed E-state index contributed by atoms with van der Waals surface area (Å²) in [6.45, 7) is 7.96. The molecule has 1 amide bonds. The van der Waals surface area contributed by atoms with Crippen molar-refractivity contribution in [3.05, 3.63) is 86.4 Å². The van der Waals surface area contributed by atoms with Crippen molar-refractivity contribution in [1.82, 2.24) is 14.9 Å². The molecule has 0 aliphatic heterocycles. The fourth-order valence-corrected chi connectivity index (χ4v) is 4.56. The first-order valence-electron chi connectivity index (χ1n) is 11.2. The normalized spacial score (nSPS) is 11.3. The minimum atomic E-state index is -0.289. The maximum absolute atomic E-state index is 13.4. The number of carbonyl (C=O) groups excluding carboxylic acids is 1. The molecule has 4 aromatic rings. The summed E-state index contributed by atoms with van der Waals surface area (Å²) < 4.78 is 7.34. The summed E-state index contributed by atoms with van der Waals surface area (Å²) in [6, 6.07) is 13.6. The molecule has 0 atom stereocenters. The first-order valence-corrected chi connectivity index (χ1v) is 11.5. The Morgan fingerprint density at radius 1 is 1.12 bits per heavy atom. The summed E-state index contributed by atoms with van der Waals surface area (Å²) in [4.78, 5) is 28.6. The molecule has 0 saturated carbocycles. The molecule has 4 rings (SSSR count). The van der Waals surface area contributed by atoms with E-state index in [4.69, 9.17) is 16.3 Å². The first-order chi connectivity index (χ1) is 16.2. The van der Waals surface area contributed by atoms with Gasteiger partial charge in [-0.1, -0.05) is 23.7 Å². The van der Waals surface area contributed by atoms with E-state index in [-0.39, 0.29) is 24.1 Å². The van der Waals surface area contributed by atoms with Crippen LogP contribution in [0.15, 0.2) is 53.5 Å². The average Bonchev–Trinajstić information content (AvgIpc) is 3.14. The van der Waals surface area contributed by atoms with Gasteiger partial charge in [-0.3, -0.25) is 9.59 Å². The Kier molecular flexibility index (Phi) is 6.53. The molecule has 2 aromatic heterocycles. The highest BCUT2D eigenvalue weighted by Gasteiger charge is 2.20. The Morgan fingerprint density at radius 2 is 1.82 bits per heavy atom. The predicted molar refractivity (Wildman–Crippen MR) is 137 cm³/mol. The molecule has 0 unspecified atom stereocenters. The van der Waals surface area contributed by atoms with Gasteiger partial charge in [-0.2, -0.15) is 0 Å². The van der Waals surface area contributed by atoms with E-state index in [1.165, 1.54) is 0 Å². The maximum Gasteiger partial charge on any atom is 0.253 e. The van der Waals surface area contributed by atoms with E-state index in [1.807, 2.05) is 56.4 Å². The molecule has 176 valence electrons. The van der Waals surface area contributed by atoms with Gasteiger partial charge in [0.15, 0.2) is 0 Å². The number of ether oxygens (including phenoxy) is 1. The van der Waals surface area contributed by atoms with E-state index < -0.39 is 0 Å². The van der Waals surface area contributed by atoms with Crippen LogP contribution in [0.2, 0.25) is 5.02 Å². The van der Waals surface area contributed by atoms with E-state index in [0.717, 1.165) is 33.7 Å². The van der Waals surface area contributed by atoms with Crippen molar-refractivity contribution in [1.29, 1.82) is 0 Å². The van der Waals surface area contributed by atoms with Crippen LogP contribution >= 0.6 is 11.6 Å². The van der Waals surface area contributed by atoms with Gasteiger partial charge in [-0.25, -0.2) is 0 Å². The van der Waals surface area contributed by atoms with Crippen LogP contribution in [0.3, 0.4) is 0 Å². The third kappa shape index (κ3) is 4.46. The molecule has 0 saturated heterocycles. The van der Waals surface area contributed by atoms with Crippen LogP contribution in [0.5, 0.6) is 5.75 Å². The van der Waals surface area contributed by atoms with Gasteiger partial charge in [0, 0.05) is 35.4 Å². The molecular weight excluding hydrogens is 450 g/mol. The second-order valence-corrected chi connectivity index (χ2v) is 9.16.